The highest BCUT2D eigenvalue weighted by Crippen LogP contribution is 2.19. The van der Waals surface area contributed by atoms with Crippen molar-refractivity contribution in [2.75, 3.05) is 0 Å². The molecule has 0 unspecified atom stereocenters. The maximum atomic E-state index is 10.7. The number of aromatic carboxylic acids is 1. The Balaban J connectivity index is 0.000000156. The second-order valence-electron chi connectivity index (χ2n) is 5.19. The molecule has 0 amide bonds. The van der Waals surface area contributed by atoms with Crippen molar-refractivity contribution in [1.29, 1.82) is 0 Å². The average Bonchev–Trinajstić information content (AvgIpc) is 3.22. The predicted octanol–water partition coefficient (Wildman–Crippen LogP) is 2.05. The fourth-order valence-electron chi connectivity index (χ4n) is 2.35. The Labute approximate surface area is 168 Å². The summed E-state index contributed by atoms with van der Waals surface area (Å²) in [5, 5.41) is 26.8. The molecule has 27 heavy (non-hydrogen) atoms. The normalized spacial score (nSPS) is 10.8. The van der Waals surface area contributed by atoms with E-state index in [0.29, 0.717) is 37.1 Å². The first-order valence-corrected chi connectivity index (χ1v) is 8.98. The predicted molar refractivity (Wildman–Crippen MR) is 102 cm³/mol. The van der Waals surface area contributed by atoms with E-state index in [1.807, 2.05) is 0 Å². The van der Waals surface area contributed by atoms with Gasteiger partial charge in [-0.3, -0.25) is 0 Å². The number of halogens is 2. The molecule has 4 aromatic heterocycles. The summed E-state index contributed by atoms with van der Waals surface area (Å²) in [4.78, 5) is 29.6. The number of fused-ring (bicyclic) bond motifs is 2. The molecule has 0 aromatic carbocycles. The van der Waals surface area contributed by atoms with Crippen LogP contribution in [0.2, 0.25) is 0 Å². The summed E-state index contributed by atoms with van der Waals surface area (Å²) >= 11 is 6.32. The third-order valence-corrected chi connectivity index (χ3v) is 4.28. The van der Waals surface area contributed by atoms with Crippen LogP contribution < -0.4 is 0 Å². The minimum absolute atomic E-state index is 0.116. The second-order valence-corrected chi connectivity index (χ2v) is 6.81. The van der Waals surface area contributed by atoms with E-state index in [4.69, 9.17) is 15.3 Å². The highest BCUT2D eigenvalue weighted by molar-refractivity contribution is 9.10. The molecule has 0 fully saturated rings. The monoisotopic (exact) mass is 498 g/mol. The van der Waals surface area contributed by atoms with Crippen LogP contribution in [-0.2, 0) is 13.3 Å². The van der Waals surface area contributed by atoms with Gasteiger partial charge in [-0.15, -0.1) is 0 Å². The van der Waals surface area contributed by atoms with E-state index in [1.54, 1.807) is 12.4 Å². The molecule has 0 spiro atoms. The second kappa shape index (κ2) is 8.08. The Hall–Kier alpha value is -2.41. The van der Waals surface area contributed by atoms with E-state index < -0.39 is 5.97 Å². The summed E-state index contributed by atoms with van der Waals surface area (Å²) in [5.74, 6) is -1.02. The van der Waals surface area contributed by atoms with E-state index in [9.17, 15) is 4.79 Å². The third-order valence-electron chi connectivity index (χ3n) is 3.52. The van der Waals surface area contributed by atoms with Crippen LogP contribution in [0.4, 0.5) is 0 Å². The van der Waals surface area contributed by atoms with Gasteiger partial charge in [0.15, 0.2) is 11.3 Å². The van der Waals surface area contributed by atoms with Crippen LogP contribution in [0, 0.1) is 0 Å². The molecule has 0 atom stereocenters. The Morgan fingerprint density at radius 3 is 2.41 bits per heavy atom. The summed E-state index contributed by atoms with van der Waals surface area (Å²) in [6.45, 7) is -0.290. The number of carbonyl (C=O) groups is 1. The number of hydrogen-bond acceptors (Lipinski definition) is 7. The molecule has 12 heteroatoms. The Morgan fingerprint density at radius 2 is 1.78 bits per heavy atom. The van der Waals surface area contributed by atoms with Crippen molar-refractivity contribution in [3.8, 4) is 0 Å². The number of hydrogen-bond donors (Lipinski definition) is 4. The summed E-state index contributed by atoms with van der Waals surface area (Å²) < 4.78 is 2.65. The van der Waals surface area contributed by atoms with Crippen molar-refractivity contribution in [2.45, 2.75) is 13.3 Å². The van der Waals surface area contributed by atoms with Crippen molar-refractivity contribution in [3.05, 3.63) is 45.1 Å². The number of rotatable bonds is 3. The first-order valence-electron chi connectivity index (χ1n) is 7.39. The largest absolute Gasteiger partial charge is 0.478 e. The average molecular weight is 500 g/mol. The van der Waals surface area contributed by atoms with Crippen molar-refractivity contribution in [2.24, 2.45) is 0 Å². The SMILES string of the molecule is O=C(O)c1c[nH]c2ncc(Br)nc12.OCc1cn(CO)c2ncc(Br)nc12. The Bertz CT molecular complexity index is 1130. The van der Waals surface area contributed by atoms with Crippen molar-refractivity contribution >= 4 is 60.2 Å². The van der Waals surface area contributed by atoms with Crippen LogP contribution in [0.1, 0.15) is 15.9 Å². The number of aromatic amines is 1. The van der Waals surface area contributed by atoms with Gasteiger partial charge in [-0.2, -0.15) is 0 Å². The van der Waals surface area contributed by atoms with Crippen LogP contribution in [0.5, 0.6) is 0 Å². The van der Waals surface area contributed by atoms with Crippen LogP contribution in [0.25, 0.3) is 22.3 Å². The van der Waals surface area contributed by atoms with Gasteiger partial charge < -0.3 is 24.9 Å². The molecule has 4 heterocycles. The van der Waals surface area contributed by atoms with Crippen molar-refractivity contribution in [1.82, 2.24) is 29.5 Å². The number of carboxylic acids is 1. The first-order chi connectivity index (χ1) is 12.9. The molecule has 10 nitrogen and oxygen atoms in total. The number of aliphatic hydroxyl groups excluding tert-OH is 2. The summed E-state index contributed by atoms with van der Waals surface area (Å²) in [6, 6.07) is 0. The van der Waals surface area contributed by atoms with E-state index in [2.05, 4.69) is 56.8 Å². The highest BCUT2D eigenvalue weighted by Gasteiger charge is 2.12. The van der Waals surface area contributed by atoms with Crippen LogP contribution in [0.3, 0.4) is 0 Å². The lowest BCUT2D eigenvalue weighted by molar-refractivity contribution is 0.0699. The fraction of sp³-hybridized carbons (Fsp3) is 0.133. The molecule has 4 rings (SSSR count). The quantitative estimate of drug-likeness (QED) is 0.334. The van der Waals surface area contributed by atoms with Crippen LogP contribution in [-0.4, -0.2) is 50.8 Å². The Kier molecular flexibility index (Phi) is 5.79. The van der Waals surface area contributed by atoms with Gasteiger partial charge in [0.1, 0.15) is 32.5 Å². The number of aromatic nitrogens is 6. The van der Waals surface area contributed by atoms with Crippen molar-refractivity contribution < 1.29 is 20.1 Å². The third kappa shape index (κ3) is 3.98. The fourth-order valence-corrected chi connectivity index (χ4v) is 2.91. The minimum Gasteiger partial charge on any atom is -0.478 e. The van der Waals surface area contributed by atoms with Gasteiger partial charge in [-0.25, -0.2) is 24.7 Å². The lowest BCUT2D eigenvalue weighted by atomic mass is 10.3. The molecule has 0 saturated heterocycles. The smallest absolute Gasteiger partial charge is 0.339 e. The molecular weight excluding hydrogens is 488 g/mol. The molecule has 0 aliphatic heterocycles. The molecule has 4 N–H and O–H groups in total. The van der Waals surface area contributed by atoms with E-state index in [-0.39, 0.29) is 18.9 Å². The molecule has 0 aliphatic rings. The number of carboxylic acid groups (broad SMARTS) is 1. The van der Waals surface area contributed by atoms with Crippen LogP contribution in [0.15, 0.2) is 34.0 Å². The molecule has 0 aliphatic carbocycles. The van der Waals surface area contributed by atoms with Gasteiger partial charge in [0.05, 0.1) is 19.0 Å². The summed E-state index contributed by atoms with van der Waals surface area (Å²) in [5.41, 5.74) is 2.80. The molecule has 0 radical (unpaired) electrons. The summed E-state index contributed by atoms with van der Waals surface area (Å²) in [6.07, 6.45) is 6.07. The van der Waals surface area contributed by atoms with Crippen molar-refractivity contribution in [3.63, 3.8) is 0 Å². The van der Waals surface area contributed by atoms with Gasteiger partial charge in [0, 0.05) is 18.0 Å². The summed E-state index contributed by atoms with van der Waals surface area (Å²) in [7, 11) is 0. The van der Waals surface area contributed by atoms with E-state index in [1.165, 1.54) is 17.0 Å². The molecule has 4 aromatic rings. The molecule has 0 saturated carbocycles. The van der Waals surface area contributed by atoms with Gasteiger partial charge in [0.2, 0.25) is 0 Å². The highest BCUT2D eigenvalue weighted by atomic mass is 79.9. The number of nitrogens with zero attached hydrogens (tertiary/aromatic N) is 5. The van der Waals surface area contributed by atoms with Gasteiger partial charge in [0.25, 0.3) is 0 Å². The number of nitrogens with one attached hydrogen (secondary N) is 1. The molecule has 140 valence electrons. The lowest BCUT2D eigenvalue weighted by Crippen LogP contribution is -1.95. The Morgan fingerprint density at radius 1 is 1.11 bits per heavy atom. The minimum atomic E-state index is -1.02. The molecular formula is C15H12Br2N6O4. The van der Waals surface area contributed by atoms with Gasteiger partial charge >= 0.3 is 5.97 Å². The maximum absolute atomic E-state index is 10.7. The number of H-pyrrole nitrogens is 1. The van der Waals surface area contributed by atoms with Gasteiger partial charge in [-0.05, 0) is 31.9 Å². The van der Waals surface area contributed by atoms with E-state index >= 15 is 0 Å². The zero-order valence-electron chi connectivity index (χ0n) is 13.5. The maximum Gasteiger partial charge on any atom is 0.339 e. The topological polar surface area (TPSA) is 150 Å². The molecule has 0 bridgehead atoms. The standard InChI is InChI=1S/C8H8BrN3O2.C7H4BrN3O2/c9-6-1-10-8-7(11-6)5(3-13)2-12(8)4-14;8-4-2-10-6-5(11-4)3(1-9-6)7(12)13/h1-2,13-14H,3-4H2;1-2H,(H,9,10)(H,12,13). The van der Waals surface area contributed by atoms with Gasteiger partial charge in [-0.1, -0.05) is 0 Å². The number of aliphatic hydroxyl groups is 2. The zero-order chi connectivity index (χ0) is 19.6. The first kappa shape index (κ1) is 19.4. The van der Waals surface area contributed by atoms with E-state index in [0.717, 1.165) is 0 Å². The van der Waals surface area contributed by atoms with Crippen LogP contribution >= 0.6 is 31.9 Å². The lowest BCUT2D eigenvalue weighted by Gasteiger charge is -1.97. The zero-order valence-corrected chi connectivity index (χ0v) is 16.6.